The van der Waals surface area contributed by atoms with E-state index in [0.717, 1.165) is 12.8 Å². The number of carboxylic acid groups (broad SMARTS) is 1. The highest BCUT2D eigenvalue weighted by molar-refractivity contribution is 5.83. The van der Waals surface area contributed by atoms with Gasteiger partial charge >= 0.3 is 5.97 Å². The Bertz CT molecular complexity index is 550. The Hall–Kier alpha value is -1.85. The van der Waals surface area contributed by atoms with Crippen molar-refractivity contribution in [1.29, 1.82) is 0 Å². The third-order valence-electron chi connectivity index (χ3n) is 4.16. The molecule has 0 bridgehead atoms. The Balaban J connectivity index is 2.18. The van der Waals surface area contributed by atoms with Crippen molar-refractivity contribution in [3.05, 3.63) is 23.3 Å². The lowest BCUT2D eigenvalue weighted by atomic mass is 9.76. The highest BCUT2D eigenvalue weighted by atomic mass is 19.3. The number of carboxylic acids is 1. The van der Waals surface area contributed by atoms with Gasteiger partial charge in [-0.25, -0.2) is 8.78 Å². The number of carbonyl (C=O) groups is 1. The molecule has 1 fully saturated rings. The number of hydrogen-bond donors (Lipinski definition) is 1. The van der Waals surface area contributed by atoms with E-state index in [-0.39, 0.29) is 23.7 Å². The molecule has 4 nitrogen and oxygen atoms in total. The second kappa shape index (κ2) is 4.61. The van der Waals surface area contributed by atoms with Crippen molar-refractivity contribution in [2.24, 2.45) is 0 Å². The molecule has 1 aliphatic heterocycles. The average Bonchev–Trinajstić information content (AvgIpc) is 3.06. The van der Waals surface area contributed by atoms with Gasteiger partial charge in [-0.3, -0.25) is 4.79 Å². The first kappa shape index (κ1) is 13.1. The van der Waals surface area contributed by atoms with Crippen molar-refractivity contribution in [2.45, 2.75) is 37.5 Å². The molecule has 0 radical (unpaired) electrons. The van der Waals surface area contributed by atoms with E-state index in [1.165, 1.54) is 12.1 Å². The summed E-state index contributed by atoms with van der Waals surface area (Å²) in [5, 5.41) is 9.55. The molecule has 6 heteroatoms. The number of halogens is 2. The number of alkyl halides is 2. The topological polar surface area (TPSA) is 55.8 Å². The third-order valence-corrected chi connectivity index (χ3v) is 4.16. The number of hydrogen-bond acceptors (Lipinski definition) is 3. The fourth-order valence-electron chi connectivity index (χ4n) is 3.13. The molecule has 0 saturated heterocycles. The van der Waals surface area contributed by atoms with Crippen LogP contribution >= 0.6 is 0 Å². The number of aliphatic carboxylic acids is 1. The standard InChI is InChI=1S/C14H14F2O4/c15-12(16)8-5-10-11(20-7-19-10)6-9(8)14(13(17)18)3-1-2-4-14/h5-6,12H,1-4,7H2,(H,17,18). The summed E-state index contributed by atoms with van der Waals surface area (Å²) in [6.45, 7) is -0.0263. The SMILES string of the molecule is O=C(O)C1(c2cc3c(cc2C(F)F)OCO3)CCCC1. The van der Waals surface area contributed by atoms with E-state index in [0.29, 0.717) is 18.6 Å². The van der Waals surface area contributed by atoms with Gasteiger partial charge in [-0.05, 0) is 30.5 Å². The van der Waals surface area contributed by atoms with Crippen LogP contribution in [0.3, 0.4) is 0 Å². The molecule has 1 aliphatic carbocycles. The first-order chi connectivity index (χ1) is 9.54. The zero-order valence-electron chi connectivity index (χ0n) is 10.7. The van der Waals surface area contributed by atoms with Crippen molar-refractivity contribution in [3.63, 3.8) is 0 Å². The van der Waals surface area contributed by atoms with Crippen molar-refractivity contribution < 1.29 is 28.2 Å². The van der Waals surface area contributed by atoms with Gasteiger partial charge in [-0.15, -0.1) is 0 Å². The van der Waals surface area contributed by atoms with Crippen LogP contribution in [-0.2, 0) is 10.2 Å². The average molecular weight is 284 g/mol. The lowest BCUT2D eigenvalue weighted by molar-refractivity contribution is -0.143. The van der Waals surface area contributed by atoms with Gasteiger partial charge < -0.3 is 14.6 Å². The molecule has 0 spiro atoms. The van der Waals surface area contributed by atoms with Crippen LogP contribution in [0.1, 0.15) is 43.2 Å². The number of rotatable bonds is 3. The Labute approximate surface area is 114 Å². The van der Waals surface area contributed by atoms with Gasteiger partial charge in [-0.2, -0.15) is 0 Å². The van der Waals surface area contributed by atoms with Gasteiger partial charge in [0.15, 0.2) is 11.5 Å². The van der Waals surface area contributed by atoms with E-state index in [2.05, 4.69) is 0 Å². The molecule has 1 N–H and O–H groups in total. The number of ether oxygens (including phenoxy) is 2. The lowest BCUT2D eigenvalue weighted by Gasteiger charge is -2.27. The maximum Gasteiger partial charge on any atom is 0.314 e. The molecule has 2 aliphatic rings. The first-order valence-corrected chi connectivity index (χ1v) is 6.50. The number of fused-ring (bicyclic) bond motifs is 1. The molecule has 3 rings (SSSR count). The van der Waals surface area contributed by atoms with Crippen LogP contribution in [-0.4, -0.2) is 17.9 Å². The molecular formula is C14H14F2O4. The van der Waals surface area contributed by atoms with Crippen molar-refractivity contribution in [1.82, 2.24) is 0 Å². The minimum Gasteiger partial charge on any atom is -0.481 e. The molecule has 108 valence electrons. The normalized spacial score (nSPS) is 19.6. The third kappa shape index (κ3) is 1.82. The largest absolute Gasteiger partial charge is 0.481 e. The van der Waals surface area contributed by atoms with Gasteiger partial charge in [0.2, 0.25) is 6.79 Å². The predicted molar refractivity (Wildman–Crippen MR) is 65.3 cm³/mol. The molecule has 1 heterocycles. The summed E-state index contributed by atoms with van der Waals surface area (Å²) in [6.07, 6.45) is -0.535. The van der Waals surface area contributed by atoms with Crippen molar-refractivity contribution in [3.8, 4) is 11.5 Å². The molecule has 1 aromatic rings. The molecule has 20 heavy (non-hydrogen) atoms. The fraction of sp³-hybridized carbons (Fsp3) is 0.500. The van der Waals surface area contributed by atoms with Crippen LogP contribution in [0.15, 0.2) is 12.1 Å². The smallest absolute Gasteiger partial charge is 0.314 e. The summed E-state index contributed by atoms with van der Waals surface area (Å²) in [5.74, 6) is -0.449. The second-order valence-corrected chi connectivity index (χ2v) is 5.19. The molecular weight excluding hydrogens is 270 g/mol. The van der Waals surface area contributed by atoms with Gasteiger partial charge in [0.25, 0.3) is 6.43 Å². The van der Waals surface area contributed by atoms with Crippen LogP contribution in [0.25, 0.3) is 0 Å². The summed E-state index contributed by atoms with van der Waals surface area (Å²) in [7, 11) is 0. The molecule has 0 atom stereocenters. The zero-order valence-corrected chi connectivity index (χ0v) is 10.7. The molecule has 0 aromatic heterocycles. The lowest BCUT2D eigenvalue weighted by Crippen LogP contribution is -2.33. The Morgan fingerprint density at radius 1 is 1.20 bits per heavy atom. The zero-order chi connectivity index (χ0) is 14.3. The van der Waals surface area contributed by atoms with Crippen LogP contribution in [0.4, 0.5) is 8.78 Å². The highest BCUT2D eigenvalue weighted by Crippen LogP contribution is 2.48. The maximum atomic E-state index is 13.3. The van der Waals surface area contributed by atoms with Crippen molar-refractivity contribution in [2.75, 3.05) is 6.79 Å². The highest BCUT2D eigenvalue weighted by Gasteiger charge is 2.46. The first-order valence-electron chi connectivity index (χ1n) is 6.50. The van der Waals surface area contributed by atoms with Crippen molar-refractivity contribution >= 4 is 5.97 Å². The minimum atomic E-state index is -2.74. The van der Waals surface area contributed by atoms with E-state index in [1.807, 2.05) is 0 Å². The minimum absolute atomic E-state index is 0.0263. The Morgan fingerprint density at radius 3 is 2.35 bits per heavy atom. The molecule has 0 unspecified atom stereocenters. The van der Waals surface area contributed by atoms with Crippen LogP contribution in [0.5, 0.6) is 11.5 Å². The van der Waals surface area contributed by atoms with E-state index in [9.17, 15) is 18.7 Å². The van der Waals surface area contributed by atoms with Crippen LogP contribution in [0, 0.1) is 0 Å². The summed E-state index contributed by atoms with van der Waals surface area (Å²) in [5.41, 5.74) is -1.33. The van der Waals surface area contributed by atoms with Gasteiger partial charge in [0, 0.05) is 5.56 Å². The van der Waals surface area contributed by atoms with Crippen LogP contribution in [0.2, 0.25) is 0 Å². The molecule has 0 amide bonds. The van der Waals surface area contributed by atoms with Crippen LogP contribution < -0.4 is 9.47 Å². The fourth-order valence-corrected chi connectivity index (χ4v) is 3.13. The Kier molecular flexibility index (Phi) is 3.03. The van der Waals surface area contributed by atoms with Gasteiger partial charge in [0.1, 0.15) is 0 Å². The summed E-state index contributed by atoms with van der Waals surface area (Å²) in [4.78, 5) is 11.7. The summed E-state index contributed by atoms with van der Waals surface area (Å²) >= 11 is 0. The van der Waals surface area contributed by atoms with Gasteiger partial charge in [0.05, 0.1) is 5.41 Å². The molecule has 1 aromatic carbocycles. The van der Waals surface area contributed by atoms with E-state index in [4.69, 9.17) is 9.47 Å². The number of benzene rings is 1. The monoisotopic (exact) mass is 284 g/mol. The predicted octanol–water partition coefficient (Wildman–Crippen LogP) is 3.25. The second-order valence-electron chi connectivity index (χ2n) is 5.19. The summed E-state index contributed by atoms with van der Waals surface area (Å²) < 4.78 is 36.9. The van der Waals surface area contributed by atoms with E-state index in [1.54, 1.807) is 0 Å². The maximum absolute atomic E-state index is 13.3. The van der Waals surface area contributed by atoms with E-state index < -0.39 is 17.8 Å². The van der Waals surface area contributed by atoms with E-state index >= 15 is 0 Å². The summed E-state index contributed by atoms with van der Waals surface area (Å²) in [6, 6.07) is 2.63. The van der Waals surface area contributed by atoms with Gasteiger partial charge in [-0.1, -0.05) is 12.8 Å². The Morgan fingerprint density at radius 2 is 1.80 bits per heavy atom. The quantitative estimate of drug-likeness (QED) is 0.925. The molecule has 1 saturated carbocycles.